The van der Waals surface area contributed by atoms with Crippen molar-refractivity contribution in [3.05, 3.63) is 34.6 Å². The average molecular weight is 382 g/mol. The van der Waals surface area contributed by atoms with Crippen molar-refractivity contribution in [2.45, 2.75) is 51.1 Å². The molecule has 2 heterocycles. The molecule has 0 saturated carbocycles. The van der Waals surface area contributed by atoms with E-state index in [0.717, 1.165) is 51.0 Å². The van der Waals surface area contributed by atoms with E-state index in [-0.39, 0.29) is 17.8 Å². The van der Waals surface area contributed by atoms with Gasteiger partial charge in [0.15, 0.2) is 0 Å². The van der Waals surface area contributed by atoms with Crippen LogP contribution in [-0.2, 0) is 11.3 Å². The molecule has 1 atom stereocenters. The van der Waals surface area contributed by atoms with Crippen LogP contribution in [-0.4, -0.2) is 43.0 Å². The number of hydrogen-bond donors (Lipinski definition) is 2. The van der Waals surface area contributed by atoms with Crippen LogP contribution in [0.5, 0.6) is 0 Å². The lowest BCUT2D eigenvalue weighted by molar-refractivity contribution is -0.122. The van der Waals surface area contributed by atoms with Gasteiger partial charge >= 0.3 is 0 Å². The summed E-state index contributed by atoms with van der Waals surface area (Å²) in [5.41, 5.74) is 0.936. The van der Waals surface area contributed by atoms with E-state index in [1.54, 1.807) is 6.07 Å². The van der Waals surface area contributed by atoms with Crippen LogP contribution < -0.4 is 10.6 Å². The fraction of sp³-hybridized carbons (Fsp3) is 0.650. The fourth-order valence-electron chi connectivity index (χ4n) is 4.01. The number of nitrogens with one attached hydrogen (secondary N) is 2. The third-order valence-electron chi connectivity index (χ3n) is 5.52. The van der Waals surface area contributed by atoms with E-state index in [1.807, 2.05) is 0 Å². The van der Waals surface area contributed by atoms with E-state index < -0.39 is 0 Å². The van der Waals surface area contributed by atoms with Crippen LogP contribution in [0.4, 0.5) is 4.39 Å². The molecular weight excluding hydrogens is 353 g/mol. The Morgan fingerprint density at radius 3 is 2.88 bits per heavy atom. The zero-order valence-corrected chi connectivity index (χ0v) is 16.0. The number of piperidine rings is 2. The molecule has 2 aliphatic heterocycles. The van der Waals surface area contributed by atoms with Crippen LogP contribution in [0.3, 0.4) is 0 Å². The molecular formula is C20H29ClFN3O. The summed E-state index contributed by atoms with van der Waals surface area (Å²) >= 11 is 6.14. The van der Waals surface area contributed by atoms with Crippen LogP contribution in [0.25, 0.3) is 0 Å². The predicted molar refractivity (Wildman–Crippen MR) is 103 cm³/mol. The number of amides is 1. The number of nitrogens with zero attached hydrogens (tertiary/aromatic N) is 1. The number of hydrogen-bond acceptors (Lipinski definition) is 3. The molecule has 0 bridgehead atoms. The first kappa shape index (κ1) is 19.6. The van der Waals surface area contributed by atoms with Gasteiger partial charge in [-0.05, 0) is 75.4 Å². The Morgan fingerprint density at radius 1 is 1.31 bits per heavy atom. The third-order valence-corrected chi connectivity index (χ3v) is 5.87. The molecule has 0 aliphatic carbocycles. The van der Waals surface area contributed by atoms with Crippen LogP contribution >= 0.6 is 11.6 Å². The molecule has 144 valence electrons. The summed E-state index contributed by atoms with van der Waals surface area (Å²) in [6.07, 6.45) is 6.07. The monoisotopic (exact) mass is 381 g/mol. The van der Waals surface area contributed by atoms with Crippen LogP contribution in [0.1, 0.15) is 44.1 Å². The topological polar surface area (TPSA) is 44.4 Å². The van der Waals surface area contributed by atoms with Gasteiger partial charge in [0.2, 0.25) is 5.91 Å². The van der Waals surface area contributed by atoms with Gasteiger partial charge in [-0.15, -0.1) is 0 Å². The zero-order chi connectivity index (χ0) is 18.4. The van der Waals surface area contributed by atoms with Crippen molar-refractivity contribution in [3.63, 3.8) is 0 Å². The summed E-state index contributed by atoms with van der Waals surface area (Å²) in [6.45, 7) is 4.66. The van der Waals surface area contributed by atoms with Gasteiger partial charge in [-0.25, -0.2) is 4.39 Å². The van der Waals surface area contributed by atoms with E-state index in [0.29, 0.717) is 23.9 Å². The molecule has 1 aromatic rings. The fourth-order valence-corrected chi connectivity index (χ4v) is 4.24. The standard InChI is InChI=1S/C20H29ClFN3O/c21-19-12-17(22)5-4-16(19)13-25-11-1-2-18(14-25)24-20(26)6-3-15-7-9-23-10-8-15/h4-5,12,15,18,23H,1-3,6-11,13-14H2,(H,24,26). The molecule has 0 aromatic heterocycles. The summed E-state index contributed by atoms with van der Waals surface area (Å²) < 4.78 is 13.2. The molecule has 3 rings (SSSR count). The van der Waals surface area contributed by atoms with Gasteiger partial charge in [0, 0.05) is 30.6 Å². The summed E-state index contributed by atoms with van der Waals surface area (Å²) in [5, 5.41) is 7.04. The summed E-state index contributed by atoms with van der Waals surface area (Å²) in [4.78, 5) is 14.6. The van der Waals surface area contributed by atoms with Crippen LogP contribution in [0, 0.1) is 11.7 Å². The lowest BCUT2D eigenvalue weighted by Gasteiger charge is -2.33. The third kappa shape index (κ3) is 5.93. The minimum Gasteiger partial charge on any atom is -0.352 e. The number of benzene rings is 1. The Balaban J connectivity index is 1.43. The molecule has 0 radical (unpaired) electrons. The molecule has 1 aromatic carbocycles. The maximum Gasteiger partial charge on any atom is 0.220 e. The highest BCUT2D eigenvalue weighted by Gasteiger charge is 2.22. The molecule has 0 spiro atoms. The molecule has 2 saturated heterocycles. The molecule has 6 heteroatoms. The lowest BCUT2D eigenvalue weighted by Crippen LogP contribution is -2.47. The van der Waals surface area contributed by atoms with Gasteiger partial charge < -0.3 is 10.6 Å². The second-order valence-electron chi connectivity index (χ2n) is 7.61. The molecule has 26 heavy (non-hydrogen) atoms. The Bertz CT molecular complexity index is 607. The Kier molecular flexibility index (Phi) is 7.29. The molecule has 2 N–H and O–H groups in total. The van der Waals surface area contributed by atoms with E-state index in [1.165, 1.54) is 25.0 Å². The van der Waals surface area contributed by atoms with E-state index in [4.69, 9.17) is 11.6 Å². The number of carbonyl (C=O) groups excluding carboxylic acids is 1. The van der Waals surface area contributed by atoms with Gasteiger partial charge in [0.25, 0.3) is 0 Å². The summed E-state index contributed by atoms with van der Waals surface area (Å²) in [7, 11) is 0. The first-order valence-electron chi connectivity index (χ1n) is 9.76. The quantitative estimate of drug-likeness (QED) is 0.794. The largest absolute Gasteiger partial charge is 0.352 e. The number of carbonyl (C=O) groups is 1. The second-order valence-corrected chi connectivity index (χ2v) is 8.02. The number of halogens is 2. The zero-order valence-electron chi connectivity index (χ0n) is 15.3. The second kappa shape index (κ2) is 9.67. The van der Waals surface area contributed by atoms with Crippen molar-refractivity contribution in [1.82, 2.24) is 15.5 Å². The van der Waals surface area contributed by atoms with E-state index >= 15 is 0 Å². The summed E-state index contributed by atoms with van der Waals surface area (Å²) in [6, 6.07) is 4.76. The minimum atomic E-state index is -0.309. The SMILES string of the molecule is O=C(CCC1CCNCC1)NC1CCCN(Cc2ccc(F)cc2Cl)C1. The highest BCUT2D eigenvalue weighted by Crippen LogP contribution is 2.22. The number of rotatable bonds is 6. The molecule has 2 fully saturated rings. The molecule has 1 unspecified atom stereocenters. The summed E-state index contributed by atoms with van der Waals surface area (Å²) in [5.74, 6) is 0.553. The molecule has 1 amide bonds. The van der Waals surface area contributed by atoms with Gasteiger partial charge in [-0.2, -0.15) is 0 Å². The lowest BCUT2D eigenvalue weighted by atomic mass is 9.93. The number of likely N-dealkylation sites (tertiary alicyclic amines) is 1. The Morgan fingerprint density at radius 2 is 2.12 bits per heavy atom. The van der Waals surface area contributed by atoms with E-state index in [9.17, 15) is 9.18 Å². The maximum absolute atomic E-state index is 13.2. The molecule has 2 aliphatic rings. The van der Waals surface area contributed by atoms with Gasteiger partial charge in [-0.1, -0.05) is 17.7 Å². The highest BCUT2D eigenvalue weighted by molar-refractivity contribution is 6.31. The van der Waals surface area contributed by atoms with E-state index in [2.05, 4.69) is 15.5 Å². The van der Waals surface area contributed by atoms with Crippen molar-refractivity contribution in [2.75, 3.05) is 26.2 Å². The Hall–Kier alpha value is -1.17. The predicted octanol–water partition coefficient (Wildman–Crippen LogP) is 3.34. The van der Waals surface area contributed by atoms with Gasteiger partial charge in [0.1, 0.15) is 5.82 Å². The first-order valence-corrected chi connectivity index (χ1v) is 10.1. The van der Waals surface area contributed by atoms with Crippen molar-refractivity contribution in [3.8, 4) is 0 Å². The van der Waals surface area contributed by atoms with Crippen molar-refractivity contribution in [1.29, 1.82) is 0 Å². The Labute approximate surface area is 160 Å². The van der Waals surface area contributed by atoms with Gasteiger partial charge in [-0.3, -0.25) is 9.69 Å². The first-order chi connectivity index (χ1) is 12.6. The highest BCUT2D eigenvalue weighted by atomic mass is 35.5. The van der Waals surface area contributed by atoms with Crippen molar-refractivity contribution >= 4 is 17.5 Å². The van der Waals surface area contributed by atoms with Crippen LogP contribution in [0.15, 0.2) is 18.2 Å². The van der Waals surface area contributed by atoms with Crippen molar-refractivity contribution in [2.24, 2.45) is 5.92 Å². The molecule has 4 nitrogen and oxygen atoms in total. The van der Waals surface area contributed by atoms with Crippen molar-refractivity contribution < 1.29 is 9.18 Å². The minimum absolute atomic E-state index is 0.176. The normalized spacial score (nSPS) is 22.3. The average Bonchev–Trinajstić information content (AvgIpc) is 2.64. The van der Waals surface area contributed by atoms with Gasteiger partial charge in [0.05, 0.1) is 0 Å². The van der Waals surface area contributed by atoms with Crippen LogP contribution in [0.2, 0.25) is 5.02 Å². The smallest absolute Gasteiger partial charge is 0.220 e. The maximum atomic E-state index is 13.2.